The van der Waals surface area contributed by atoms with Crippen LogP contribution in [0.4, 0.5) is 13.2 Å². The number of aryl methyl sites for hydroxylation is 1. The maximum Gasteiger partial charge on any atom is 0.416 e. The molecule has 1 saturated heterocycles. The molecule has 1 aliphatic heterocycles. The van der Waals surface area contributed by atoms with E-state index in [1.807, 2.05) is 0 Å². The maximum atomic E-state index is 13.0. The highest BCUT2D eigenvalue weighted by Crippen LogP contribution is 2.30. The third kappa shape index (κ3) is 4.48. The zero-order valence-electron chi connectivity index (χ0n) is 15.6. The quantitative estimate of drug-likeness (QED) is 0.783. The molecule has 1 atom stereocenters. The summed E-state index contributed by atoms with van der Waals surface area (Å²) in [6.07, 6.45) is -3.83. The molecule has 0 aliphatic carbocycles. The predicted molar refractivity (Wildman–Crippen MR) is 96.9 cm³/mol. The van der Waals surface area contributed by atoms with Crippen molar-refractivity contribution in [2.75, 3.05) is 19.8 Å². The molecule has 0 radical (unpaired) electrons. The van der Waals surface area contributed by atoms with Crippen LogP contribution in [0.3, 0.4) is 0 Å². The van der Waals surface area contributed by atoms with Gasteiger partial charge in [-0.3, -0.25) is 9.59 Å². The van der Waals surface area contributed by atoms with Gasteiger partial charge in [-0.15, -0.1) is 0 Å². The van der Waals surface area contributed by atoms with Gasteiger partial charge in [0, 0.05) is 25.0 Å². The highest BCUT2D eigenvalue weighted by Gasteiger charge is 2.37. The standard InChI is InChI=1S/C19H20F3N3O4/c1-12-9-15(27)16(17(28)23-18(5-7-26)6-8-29-11-18)24-25(12)14-4-2-3-13(10-14)19(20,21)22/h2-4,9-10,26H,5-8,11H2,1H3,(H,23,28)/t18-/m0/s1. The second-order valence-electron chi connectivity index (χ2n) is 6.97. The van der Waals surface area contributed by atoms with Gasteiger partial charge in [-0.25, -0.2) is 4.68 Å². The summed E-state index contributed by atoms with van der Waals surface area (Å²) < 4.78 is 45.5. The Labute approximate surface area is 164 Å². The third-order valence-electron chi connectivity index (χ3n) is 4.81. The first kappa shape index (κ1) is 21.0. The number of nitrogens with zero attached hydrogens (tertiary/aromatic N) is 2. The lowest BCUT2D eigenvalue weighted by Crippen LogP contribution is -2.51. The van der Waals surface area contributed by atoms with Crippen molar-refractivity contribution in [2.24, 2.45) is 0 Å². The first-order chi connectivity index (χ1) is 13.6. The molecular formula is C19H20F3N3O4. The molecule has 3 rings (SSSR count). The van der Waals surface area contributed by atoms with Crippen molar-refractivity contribution in [1.82, 2.24) is 15.1 Å². The minimum atomic E-state index is -4.54. The number of carbonyl (C=O) groups is 1. The second-order valence-corrected chi connectivity index (χ2v) is 6.97. The average molecular weight is 411 g/mol. The van der Waals surface area contributed by atoms with Gasteiger partial charge in [0.15, 0.2) is 5.69 Å². The molecule has 7 nitrogen and oxygen atoms in total. The van der Waals surface area contributed by atoms with Gasteiger partial charge in [0.1, 0.15) is 0 Å². The van der Waals surface area contributed by atoms with E-state index in [9.17, 15) is 27.9 Å². The number of hydrogen-bond acceptors (Lipinski definition) is 5. The van der Waals surface area contributed by atoms with Gasteiger partial charge < -0.3 is 15.2 Å². The predicted octanol–water partition coefficient (Wildman–Crippen LogP) is 1.83. The zero-order valence-corrected chi connectivity index (χ0v) is 15.6. The molecule has 156 valence electrons. The summed E-state index contributed by atoms with van der Waals surface area (Å²) in [5.74, 6) is -0.769. The van der Waals surface area contributed by atoms with Crippen molar-refractivity contribution in [3.63, 3.8) is 0 Å². The number of nitrogens with one attached hydrogen (secondary N) is 1. The lowest BCUT2D eigenvalue weighted by Gasteiger charge is -2.27. The highest BCUT2D eigenvalue weighted by atomic mass is 19.4. The van der Waals surface area contributed by atoms with Crippen LogP contribution in [-0.4, -0.2) is 46.2 Å². The topological polar surface area (TPSA) is 93.5 Å². The molecule has 2 N–H and O–H groups in total. The van der Waals surface area contributed by atoms with Gasteiger partial charge >= 0.3 is 6.18 Å². The van der Waals surface area contributed by atoms with Crippen molar-refractivity contribution in [3.05, 3.63) is 57.5 Å². The number of aromatic nitrogens is 2. The van der Waals surface area contributed by atoms with E-state index < -0.39 is 34.3 Å². The van der Waals surface area contributed by atoms with Crippen LogP contribution < -0.4 is 10.7 Å². The number of alkyl halides is 3. The van der Waals surface area contributed by atoms with E-state index in [1.54, 1.807) is 0 Å². The van der Waals surface area contributed by atoms with E-state index in [2.05, 4.69) is 10.4 Å². The van der Waals surface area contributed by atoms with Crippen molar-refractivity contribution >= 4 is 5.91 Å². The minimum absolute atomic E-state index is 0.0700. The minimum Gasteiger partial charge on any atom is -0.396 e. The van der Waals surface area contributed by atoms with Crippen LogP contribution in [0.5, 0.6) is 0 Å². The smallest absolute Gasteiger partial charge is 0.396 e. The molecule has 0 saturated carbocycles. The average Bonchev–Trinajstić information content (AvgIpc) is 3.09. The van der Waals surface area contributed by atoms with Crippen LogP contribution in [0, 0.1) is 6.92 Å². The van der Waals surface area contributed by atoms with Gasteiger partial charge in [0.05, 0.1) is 23.4 Å². The molecule has 1 aromatic carbocycles. The van der Waals surface area contributed by atoms with Crippen LogP contribution in [0.15, 0.2) is 35.1 Å². The van der Waals surface area contributed by atoms with Gasteiger partial charge in [-0.1, -0.05) is 6.07 Å². The summed E-state index contributed by atoms with van der Waals surface area (Å²) in [5, 5.41) is 16.0. The molecule has 0 bridgehead atoms. The first-order valence-corrected chi connectivity index (χ1v) is 8.95. The van der Waals surface area contributed by atoms with E-state index in [4.69, 9.17) is 4.74 Å². The van der Waals surface area contributed by atoms with E-state index in [-0.39, 0.29) is 31.0 Å². The molecule has 1 fully saturated rings. The third-order valence-corrected chi connectivity index (χ3v) is 4.81. The number of aliphatic hydroxyl groups is 1. The normalized spacial score (nSPS) is 19.3. The molecule has 1 amide bonds. The van der Waals surface area contributed by atoms with Crippen LogP contribution in [0.1, 0.15) is 34.6 Å². The molecular weight excluding hydrogens is 391 g/mol. The van der Waals surface area contributed by atoms with Crippen molar-refractivity contribution < 1.29 is 27.8 Å². The second kappa shape index (κ2) is 7.96. The van der Waals surface area contributed by atoms with E-state index in [0.717, 1.165) is 22.9 Å². The zero-order chi connectivity index (χ0) is 21.2. The lowest BCUT2D eigenvalue weighted by molar-refractivity contribution is -0.137. The van der Waals surface area contributed by atoms with Gasteiger partial charge in [-0.05, 0) is 38.0 Å². The molecule has 0 spiro atoms. The Balaban J connectivity index is 1.98. The number of halogens is 3. The Hall–Kier alpha value is -2.72. The SMILES string of the molecule is Cc1cc(=O)c(C(=O)N[C@@]2(CCO)CCOC2)nn1-c1cccc(C(F)(F)F)c1. The molecule has 1 aromatic heterocycles. The van der Waals surface area contributed by atoms with Crippen LogP contribution in [0.2, 0.25) is 0 Å². The van der Waals surface area contributed by atoms with Gasteiger partial charge in [-0.2, -0.15) is 18.3 Å². The Morgan fingerprint density at radius 3 is 2.76 bits per heavy atom. The maximum absolute atomic E-state index is 13.0. The summed E-state index contributed by atoms with van der Waals surface area (Å²) in [7, 11) is 0. The lowest BCUT2D eigenvalue weighted by atomic mass is 9.94. The summed E-state index contributed by atoms with van der Waals surface area (Å²) in [6.45, 7) is 1.91. The van der Waals surface area contributed by atoms with Crippen LogP contribution in [0.25, 0.3) is 5.69 Å². The van der Waals surface area contributed by atoms with Crippen molar-refractivity contribution in [2.45, 2.75) is 31.5 Å². The fourth-order valence-corrected chi connectivity index (χ4v) is 3.26. The highest BCUT2D eigenvalue weighted by molar-refractivity contribution is 5.92. The van der Waals surface area contributed by atoms with Crippen molar-refractivity contribution in [1.29, 1.82) is 0 Å². The Kier molecular flexibility index (Phi) is 5.76. The summed E-state index contributed by atoms with van der Waals surface area (Å²) in [6, 6.07) is 5.59. The molecule has 0 unspecified atom stereocenters. The number of aliphatic hydroxyl groups excluding tert-OH is 1. The van der Waals surface area contributed by atoms with E-state index >= 15 is 0 Å². The molecule has 1 aliphatic rings. The van der Waals surface area contributed by atoms with Crippen molar-refractivity contribution in [3.8, 4) is 5.69 Å². The number of hydrogen-bond donors (Lipinski definition) is 2. The monoisotopic (exact) mass is 411 g/mol. The number of benzene rings is 1. The van der Waals surface area contributed by atoms with Gasteiger partial charge in [0.2, 0.25) is 5.43 Å². The van der Waals surface area contributed by atoms with E-state index in [1.165, 1.54) is 19.1 Å². The molecule has 2 aromatic rings. The largest absolute Gasteiger partial charge is 0.416 e. The Morgan fingerprint density at radius 1 is 1.38 bits per heavy atom. The summed E-state index contributed by atoms with van der Waals surface area (Å²) in [4.78, 5) is 25.0. The van der Waals surface area contributed by atoms with Crippen LogP contribution in [-0.2, 0) is 10.9 Å². The fourth-order valence-electron chi connectivity index (χ4n) is 3.26. The number of amides is 1. The number of carbonyl (C=O) groups excluding carboxylic acids is 1. The molecule has 2 heterocycles. The Morgan fingerprint density at radius 2 is 2.14 bits per heavy atom. The molecule has 10 heteroatoms. The number of rotatable bonds is 5. The summed E-state index contributed by atoms with van der Waals surface area (Å²) in [5.41, 5.74) is -2.43. The van der Waals surface area contributed by atoms with Crippen LogP contribution >= 0.6 is 0 Å². The Bertz CT molecular complexity index is 966. The van der Waals surface area contributed by atoms with E-state index in [0.29, 0.717) is 13.0 Å². The number of ether oxygens (including phenoxy) is 1. The fraction of sp³-hybridized carbons (Fsp3) is 0.421. The van der Waals surface area contributed by atoms with Gasteiger partial charge in [0.25, 0.3) is 5.91 Å². The first-order valence-electron chi connectivity index (χ1n) is 8.95. The molecule has 29 heavy (non-hydrogen) atoms. The summed E-state index contributed by atoms with van der Waals surface area (Å²) >= 11 is 0.